The van der Waals surface area contributed by atoms with E-state index in [0.29, 0.717) is 54.1 Å². The van der Waals surface area contributed by atoms with Crippen molar-refractivity contribution < 1.29 is 14.3 Å². The first-order valence-electron chi connectivity index (χ1n) is 11.7. The van der Waals surface area contributed by atoms with Crippen molar-refractivity contribution in [2.24, 2.45) is 0 Å². The summed E-state index contributed by atoms with van der Waals surface area (Å²) in [5.74, 6) is 1.98. The Kier molecular flexibility index (Phi) is 5.40. The number of nitrogens with zero attached hydrogens (tertiary/aromatic N) is 4. The molecule has 1 amide bonds. The van der Waals surface area contributed by atoms with Crippen molar-refractivity contribution >= 4 is 22.6 Å². The second kappa shape index (κ2) is 8.88. The van der Waals surface area contributed by atoms with Gasteiger partial charge in [0.15, 0.2) is 11.5 Å². The summed E-state index contributed by atoms with van der Waals surface area (Å²) in [5.41, 5.74) is 0.540. The summed E-state index contributed by atoms with van der Waals surface area (Å²) in [6.07, 6.45) is 1.76. The average Bonchev–Trinajstić information content (AvgIpc) is 3.39. The average molecular weight is 486 g/mol. The van der Waals surface area contributed by atoms with Gasteiger partial charge in [0.05, 0.1) is 17.4 Å². The van der Waals surface area contributed by atoms with Crippen LogP contribution >= 0.6 is 0 Å². The van der Waals surface area contributed by atoms with Gasteiger partial charge in [-0.25, -0.2) is 9.78 Å². The van der Waals surface area contributed by atoms with Gasteiger partial charge in [0.2, 0.25) is 6.79 Å². The molecule has 36 heavy (non-hydrogen) atoms. The summed E-state index contributed by atoms with van der Waals surface area (Å²) < 4.78 is 11.8. The number of rotatable bonds is 4. The maximum absolute atomic E-state index is 13.2. The van der Waals surface area contributed by atoms with Crippen LogP contribution in [0.3, 0.4) is 0 Å². The number of pyridine rings is 1. The molecule has 2 aromatic carbocycles. The van der Waals surface area contributed by atoms with Crippen LogP contribution in [0.25, 0.3) is 10.9 Å². The number of H-pyrrole nitrogens is 1. The van der Waals surface area contributed by atoms with E-state index in [1.165, 1.54) is 0 Å². The van der Waals surface area contributed by atoms with Crippen LogP contribution in [0.4, 0.5) is 5.82 Å². The zero-order chi connectivity index (χ0) is 24.6. The number of aromatic amines is 1. The summed E-state index contributed by atoms with van der Waals surface area (Å²) >= 11 is 0. The number of anilines is 1. The molecule has 10 heteroatoms. The number of aromatic nitrogens is 3. The molecule has 182 valence electrons. The van der Waals surface area contributed by atoms with Crippen LogP contribution in [0.5, 0.6) is 11.5 Å². The smallest absolute Gasteiger partial charge is 0.329 e. The highest BCUT2D eigenvalue weighted by molar-refractivity contribution is 5.97. The Hall–Kier alpha value is -4.60. The van der Waals surface area contributed by atoms with Gasteiger partial charge in [0, 0.05) is 37.9 Å². The zero-order valence-electron chi connectivity index (χ0n) is 19.3. The van der Waals surface area contributed by atoms with Crippen molar-refractivity contribution in [1.29, 1.82) is 0 Å². The largest absolute Gasteiger partial charge is 0.454 e. The minimum absolute atomic E-state index is 0.0853. The van der Waals surface area contributed by atoms with Crippen molar-refractivity contribution in [3.05, 3.63) is 92.8 Å². The van der Waals surface area contributed by atoms with Gasteiger partial charge in [-0.2, -0.15) is 0 Å². The maximum Gasteiger partial charge on any atom is 0.329 e. The van der Waals surface area contributed by atoms with Crippen LogP contribution in [0.2, 0.25) is 0 Å². The standard InChI is InChI=1S/C26H23N5O5/c32-24(30-11-9-29(10-12-30)23-3-1-2-8-27-23)18-5-6-19-20(14-18)28-26(34)31(25(19)33)15-17-4-7-21-22(13-17)36-16-35-21/h1-8,13-14H,9-12,15-16H2,(H,28,34). The van der Waals surface area contributed by atoms with Crippen molar-refractivity contribution in [3.63, 3.8) is 0 Å². The number of amides is 1. The Morgan fingerprint density at radius 1 is 0.944 bits per heavy atom. The predicted octanol–water partition coefficient (Wildman–Crippen LogP) is 1.82. The highest BCUT2D eigenvalue weighted by Crippen LogP contribution is 2.32. The van der Waals surface area contributed by atoms with E-state index in [1.54, 1.807) is 47.5 Å². The van der Waals surface area contributed by atoms with Crippen molar-refractivity contribution in [1.82, 2.24) is 19.4 Å². The van der Waals surface area contributed by atoms with Crippen molar-refractivity contribution in [3.8, 4) is 11.5 Å². The minimum atomic E-state index is -0.543. The van der Waals surface area contributed by atoms with E-state index >= 15 is 0 Å². The molecule has 1 fully saturated rings. The number of hydrogen-bond donors (Lipinski definition) is 1. The van der Waals surface area contributed by atoms with Crippen molar-refractivity contribution in [2.45, 2.75) is 6.54 Å². The lowest BCUT2D eigenvalue weighted by atomic mass is 10.1. The van der Waals surface area contributed by atoms with Gasteiger partial charge >= 0.3 is 5.69 Å². The molecule has 10 nitrogen and oxygen atoms in total. The molecule has 1 saturated heterocycles. The number of hydrogen-bond acceptors (Lipinski definition) is 7. The fourth-order valence-electron chi connectivity index (χ4n) is 4.62. The predicted molar refractivity (Wildman–Crippen MR) is 133 cm³/mol. The van der Waals surface area contributed by atoms with Crippen LogP contribution in [0.15, 0.2) is 70.4 Å². The normalized spacial score (nSPS) is 14.9. The number of piperazine rings is 1. The Morgan fingerprint density at radius 2 is 1.78 bits per heavy atom. The molecule has 0 radical (unpaired) electrons. The van der Waals surface area contributed by atoms with E-state index in [2.05, 4.69) is 14.9 Å². The second-order valence-corrected chi connectivity index (χ2v) is 8.74. The molecule has 2 aliphatic rings. The number of carbonyl (C=O) groups is 1. The number of carbonyl (C=O) groups excluding carboxylic acids is 1. The quantitative estimate of drug-likeness (QED) is 0.470. The van der Waals surface area contributed by atoms with Crippen LogP contribution in [0.1, 0.15) is 15.9 Å². The summed E-state index contributed by atoms with van der Waals surface area (Å²) in [7, 11) is 0. The topological polar surface area (TPSA) is 110 Å². The Labute approximate surface area is 205 Å². The highest BCUT2D eigenvalue weighted by Gasteiger charge is 2.23. The molecule has 2 aliphatic heterocycles. The Morgan fingerprint density at radius 3 is 2.58 bits per heavy atom. The molecule has 1 N–H and O–H groups in total. The Bertz CT molecular complexity index is 1570. The van der Waals surface area contributed by atoms with Gasteiger partial charge < -0.3 is 24.3 Å². The van der Waals surface area contributed by atoms with E-state index in [4.69, 9.17) is 9.47 Å². The fourth-order valence-corrected chi connectivity index (χ4v) is 4.62. The summed E-state index contributed by atoms with van der Waals surface area (Å²) in [6.45, 7) is 2.70. The summed E-state index contributed by atoms with van der Waals surface area (Å²) in [4.78, 5) is 50.1. The molecule has 4 heterocycles. The monoisotopic (exact) mass is 485 g/mol. The second-order valence-electron chi connectivity index (χ2n) is 8.74. The summed E-state index contributed by atoms with van der Waals surface area (Å²) in [6, 6.07) is 15.9. The molecule has 0 saturated carbocycles. The molecule has 6 rings (SSSR count). The highest BCUT2D eigenvalue weighted by atomic mass is 16.7. The maximum atomic E-state index is 13.2. The third-order valence-electron chi connectivity index (χ3n) is 6.55. The van der Waals surface area contributed by atoms with Gasteiger partial charge in [0.25, 0.3) is 11.5 Å². The van der Waals surface area contributed by atoms with E-state index in [1.807, 2.05) is 18.2 Å². The molecule has 0 unspecified atom stereocenters. The molecule has 0 bridgehead atoms. The number of nitrogens with one attached hydrogen (secondary N) is 1. The van der Waals surface area contributed by atoms with Crippen LogP contribution in [0, 0.1) is 0 Å². The van der Waals surface area contributed by atoms with Crippen LogP contribution in [-0.4, -0.2) is 58.3 Å². The Balaban J connectivity index is 1.22. The van der Waals surface area contributed by atoms with Gasteiger partial charge in [-0.15, -0.1) is 0 Å². The molecule has 0 aliphatic carbocycles. The molecular weight excluding hydrogens is 462 g/mol. The van der Waals surface area contributed by atoms with Gasteiger partial charge in [0.1, 0.15) is 5.82 Å². The first-order chi connectivity index (χ1) is 17.6. The number of fused-ring (bicyclic) bond motifs is 2. The molecular formula is C26H23N5O5. The van der Waals surface area contributed by atoms with Gasteiger partial charge in [-0.1, -0.05) is 12.1 Å². The van der Waals surface area contributed by atoms with Gasteiger partial charge in [-0.05, 0) is 48.0 Å². The van der Waals surface area contributed by atoms with Gasteiger partial charge in [-0.3, -0.25) is 14.2 Å². The first kappa shape index (κ1) is 21.9. The third-order valence-corrected chi connectivity index (χ3v) is 6.55. The number of benzene rings is 2. The van der Waals surface area contributed by atoms with E-state index in [0.717, 1.165) is 15.9 Å². The number of ether oxygens (including phenoxy) is 2. The SMILES string of the molecule is O=C(c1ccc2c(=O)n(Cc3ccc4c(c3)OCO4)c(=O)[nH]c2c1)N1CCN(c2ccccn2)CC1. The lowest BCUT2D eigenvalue weighted by molar-refractivity contribution is 0.0746. The molecule has 0 atom stereocenters. The van der Waals surface area contributed by atoms with Crippen LogP contribution in [-0.2, 0) is 6.54 Å². The lowest BCUT2D eigenvalue weighted by Gasteiger charge is -2.35. The minimum Gasteiger partial charge on any atom is -0.454 e. The fraction of sp³-hybridized carbons (Fsp3) is 0.231. The van der Waals surface area contributed by atoms with E-state index < -0.39 is 11.2 Å². The van der Waals surface area contributed by atoms with Crippen molar-refractivity contribution in [2.75, 3.05) is 37.9 Å². The zero-order valence-corrected chi connectivity index (χ0v) is 19.3. The lowest BCUT2D eigenvalue weighted by Crippen LogP contribution is -2.49. The van der Waals surface area contributed by atoms with Crippen LogP contribution < -0.4 is 25.6 Å². The summed E-state index contributed by atoms with van der Waals surface area (Å²) in [5, 5.41) is 0.340. The molecule has 4 aromatic rings. The first-order valence-corrected chi connectivity index (χ1v) is 11.7. The molecule has 0 spiro atoms. The van der Waals surface area contributed by atoms with E-state index in [-0.39, 0.29) is 19.2 Å². The third kappa shape index (κ3) is 3.96. The molecule has 2 aromatic heterocycles. The van der Waals surface area contributed by atoms with E-state index in [9.17, 15) is 14.4 Å².